The first kappa shape index (κ1) is 26.3. The van der Waals surface area contributed by atoms with Crippen molar-refractivity contribution in [2.45, 2.75) is 37.3 Å². The van der Waals surface area contributed by atoms with Crippen molar-refractivity contribution in [2.24, 2.45) is 0 Å². The third kappa shape index (κ3) is 4.33. The Hall–Kier alpha value is -4.94. The summed E-state index contributed by atoms with van der Waals surface area (Å²) in [7, 11) is 1.42. The summed E-state index contributed by atoms with van der Waals surface area (Å²) in [5.74, 6) is -0.551. The van der Waals surface area contributed by atoms with E-state index >= 15 is 0 Å². The van der Waals surface area contributed by atoms with Crippen molar-refractivity contribution in [3.63, 3.8) is 0 Å². The molecule has 0 saturated heterocycles. The van der Waals surface area contributed by atoms with Crippen LogP contribution in [0.15, 0.2) is 60.1 Å². The van der Waals surface area contributed by atoms with E-state index < -0.39 is 23.6 Å². The van der Waals surface area contributed by atoms with Crippen LogP contribution in [-0.4, -0.2) is 43.4 Å². The molecule has 4 aromatic rings. The number of halogens is 3. The Morgan fingerprint density at radius 3 is 2.59 bits per heavy atom. The molecule has 0 atom stereocenters. The van der Waals surface area contributed by atoms with Gasteiger partial charge in [0.25, 0.3) is 5.91 Å². The molecule has 3 aliphatic carbocycles. The second-order valence-electron chi connectivity index (χ2n) is 10.1. The Kier molecular flexibility index (Phi) is 5.98. The van der Waals surface area contributed by atoms with Crippen LogP contribution in [0.25, 0.3) is 16.8 Å². The van der Waals surface area contributed by atoms with Crippen molar-refractivity contribution in [3.8, 4) is 17.0 Å². The first-order valence-corrected chi connectivity index (χ1v) is 12.6. The molecule has 1 aromatic carbocycles. The first-order valence-electron chi connectivity index (χ1n) is 12.6. The number of amides is 1. The number of benzene rings is 1. The summed E-state index contributed by atoms with van der Waals surface area (Å²) in [6, 6.07) is 6.15. The number of carboxylic acids is 1. The second-order valence-corrected chi connectivity index (χ2v) is 10.1. The lowest BCUT2D eigenvalue weighted by Gasteiger charge is -2.47. The minimum absolute atomic E-state index is 0.125. The van der Waals surface area contributed by atoms with E-state index in [1.807, 2.05) is 4.40 Å². The van der Waals surface area contributed by atoms with Crippen molar-refractivity contribution in [1.29, 1.82) is 0 Å². The van der Waals surface area contributed by atoms with Crippen LogP contribution >= 0.6 is 0 Å². The topological polar surface area (TPSA) is 145 Å². The summed E-state index contributed by atoms with van der Waals surface area (Å²) >= 11 is 0. The van der Waals surface area contributed by atoms with Crippen LogP contribution in [-0.2, 0) is 16.4 Å². The van der Waals surface area contributed by atoms with Gasteiger partial charge in [-0.1, -0.05) is 5.57 Å². The lowest BCUT2D eigenvalue weighted by Crippen LogP contribution is -2.43. The van der Waals surface area contributed by atoms with Crippen LogP contribution in [0.2, 0.25) is 0 Å². The van der Waals surface area contributed by atoms with Gasteiger partial charge in [0.2, 0.25) is 0 Å². The molecule has 13 heteroatoms. The van der Waals surface area contributed by atoms with Crippen molar-refractivity contribution in [1.82, 2.24) is 19.4 Å². The number of alkyl halides is 3. The Morgan fingerprint density at radius 2 is 1.93 bits per heavy atom. The number of carbonyl (C=O) groups is 2. The zero-order valence-corrected chi connectivity index (χ0v) is 21.6. The van der Waals surface area contributed by atoms with E-state index in [9.17, 15) is 27.9 Å². The van der Waals surface area contributed by atoms with E-state index in [-0.39, 0.29) is 28.4 Å². The molecule has 1 saturated carbocycles. The van der Waals surface area contributed by atoms with Gasteiger partial charge in [-0.05, 0) is 56.0 Å². The van der Waals surface area contributed by atoms with E-state index in [4.69, 9.17) is 15.5 Å². The quantitative estimate of drug-likeness (QED) is 0.301. The Morgan fingerprint density at radius 1 is 1.15 bits per heavy atom. The third-order valence-electron chi connectivity index (χ3n) is 7.75. The van der Waals surface area contributed by atoms with Gasteiger partial charge in [-0.2, -0.15) is 13.2 Å². The monoisotopic (exact) mass is 564 g/mol. The van der Waals surface area contributed by atoms with E-state index in [0.29, 0.717) is 48.0 Å². The number of ether oxygens (including phenoxy) is 1. The molecular formula is C28H23F3N6O4. The van der Waals surface area contributed by atoms with Gasteiger partial charge in [-0.25, -0.2) is 19.7 Å². The highest BCUT2D eigenvalue weighted by Gasteiger charge is 2.50. The van der Waals surface area contributed by atoms with Gasteiger partial charge in [-0.3, -0.25) is 9.20 Å². The van der Waals surface area contributed by atoms with Crippen LogP contribution in [0.3, 0.4) is 0 Å². The highest BCUT2D eigenvalue weighted by Crippen LogP contribution is 2.56. The highest BCUT2D eigenvalue weighted by atomic mass is 19.4. The summed E-state index contributed by atoms with van der Waals surface area (Å²) in [6.45, 7) is 0. The van der Waals surface area contributed by atoms with Crippen LogP contribution < -0.4 is 15.8 Å². The number of hydrogen-bond acceptors (Lipinski definition) is 7. The largest absolute Gasteiger partial charge is 0.496 e. The van der Waals surface area contributed by atoms with Gasteiger partial charge < -0.3 is 20.9 Å². The van der Waals surface area contributed by atoms with Crippen LogP contribution in [0.4, 0.5) is 24.8 Å². The van der Waals surface area contributed by atoms with Gasteiger partial charge in [0.15, 0.2) is 0 Å². The SMILES string of the molecule is COc1cc(C(=O)Nc2cc(C(F)(F)F)ccn2)ccc1-c1nc(C23CCC(C(=O)O)=C(C2)C3)n2ccnc(N)c12. The molecule has 3 aromatic heterocycles. The molecule has 4 N–H and O–H groups in total. The molecule has 1 amide bonds. The number of hydrogen-bond donors (Lipinski definition) is 3. The second kappa shape index (κ2) is 9.32. The molecule has 1 fully saturated rings. The maximum atomic E-state index is 13.1. The molecule has 10 nitrogen and oxygen atoms in total. The Balaban J connectivity index is 1.37. The number of allylic oxidation sites excluding steroid dienone is 1. The number of nitrogen functional groups attached to an aromatic ring is 1. The fourth-order valence-corrected chi connectivity index (χ4v) is 5.74. The molecule has 0 spiro atoms. The lowest BCUT2D eigenvalue weighted by molar-refractivity contribution is -0.137. The third-order valence-corrected chi connectivity index (χ3v) is 7.75. The van der Waals surface area contributed by atoms with Gasteiger partial charge in [0.05, 0.1) is 12.7 Å². The van der Waals surface area contributed by atoms with Crippen molar-refractivity contribution >= 4 is 29.0 Å². The minimum atomic E-state index is -4.58. The number of fused-ring (bicyclic) bond motifs is 3. The average molecular weight is 565 g/mol. The van der Waals surface area contributed by atoms with Crippen molar-refractivity contribution in [3.05, 3.63) is 77.0 Å². The zero-order chi connectivity index (χ0) is 29.1. The van der Waals surface area contributed by atoms with E-state index in [1.165, 1.54) is 19.2 Å². The Bertz CT molecular complexity index is 1770. The van der Waals surface area contributed by atoms with Crippen molar-refractivity contribution in [2.75, 3.05) is 18.2 Å². The number of anilines is 2. The van der Waals surface area contributed by atoms with E-state index in [2.05, 4.69) is 15.3 Å². The number of carboxylic acid groups (broad SMARTS) is 1. The summed E-state index contributed by atoms with van der Waals surface area (Å²) in [4.78, 5) is 37.5. The molecule has 0 aliphatic heterocycles. The Labute approximate surface area is 230 Å². The smallest absolute Gasteiger partial charge is 0.416 e. The summed E-state index contributed by atoms with van der Waals surface area (Å²) in [6.07, 6.45) is 1.98. The zero-order valence-electron chi connectivity index (χ0n) is 21.6. The minimum Gasteiger partial charge on any atom is -0.496 e. The predicted octanol–water partition coefficient (Wildman–Crippen LogP) is 4.86. The van der Waals surface area contributed by atoms with Crippen LogP contribution in [0.5, 0.6) is 5.75 Å². The summed E-state index contributed by atoms with van der Waals surface area (Å²) < 4.78 is 46.7. The number of nitrogens with zero attached hydrogens (tertiary/aromatic N) is 4. The molecule has 0 unspecified atom stereocenters. The molecule has 3 aliphatic rings. The summed E-state index contributed by atoms with van der Waals surface area (Å²) in [5, 5.41) is 11.9. The van der Waals surface area contributed by atoms with Gasteiger partial charge in [0, 0.05) is 40.7 Å². The maximum absolute atomic E-state index is 13.1. The fraction of sp³-hybridized carbons (Fsp3) is 0.250. The molecule has 210 valence electrons. The standard InChI is InChI=1S/C28H23F3N6O4/c1-41-19-10-14(24(38)35-20-11-16(5-7-33-20)28(29,30)31)2-3-18(19)21-22-23(32)34-8-9-37(22)26(36-21)27-6-4-17(25(39)40)15(12-27)13-27/h2-3,5,7-11H,4,6,12-13H2,1H3,(H2,32,34)(H,39,40)(H,33,35,38). The highest BCUT2D eigenvalue weighted by molar-refractivity contribution is 6.04. The summed E-state index contributed by atoms with van der Waals surface area (Å²) in [5.41, 5.74) is 8.10. The maximum Gasteiger partial charge on any atom is 0.416 e. The van der Waals surface area contributed by atoms with Gasteiger partial charge in [0.1, 0.15) is 34.4 Å². The number of carbonyl (C=O) groups excluding carboxylic acids is 1. The fourth-order valence-electron chi connectivity index (χ4n) is 5.74. The molecule has 41 heavy (non-hydrogen) atoms. The van der Waals surface area contributed by atoms with Crippen LogP contribution in [0, 0.1) is 0 Å². The normalized spacial score (nSPS) is 15.9. The number of methoxy groups -OCH3 is 1. The van der Waals surface area contributed by atoms with Crippen LogP contribution in [0.1, 0.15) is 47.4 Å². The van der Waals surface area contributed by atoms with E-state index in [1.54, 1.807) is 18.5 Å². The van der Waals surface area contributed by atoms with Crippen molar-refractivity contribution < 1.29 is 32.6 Å². The number of nitrogens with one attached hydrogen (secondary N) is 1. The average Bonchev–Trinajstić information content (AvgIpc) is 3.33. The molecule has 2 bridgehead atoms. The molecule has 3 heterocycles. The number of imidazole rings is 1. The first-order chi connectivity index (χ1) is 19.5. The molecule has 0 radical (unpaired) electrons. The molecule has 7 rings (SSSR count). The number of nitrogens with two attached hydrogens (primary N) is 1. The number of aromatic nitrogens is 4. The predicted molar refractivity (Wildman–Crippen MR) is 141 cm³/mol. The molecular weight excluding hydrogens is 541 g/mol. The van der Waals surface area contributed by atoms with Gasteiger partial charge >= 0.3 is 12.1 Å². The number of pyridine rings is 1. The van der Waals surface area contributed by atoms with Gasteiger partial charge in [-0.15, -0.1) is 0 Å². The van der Waals surface area contributed by atoms with E-state index in [0.717, 1.165) is 29.7 Å². The lowest BCUT2D eigenvalue weighted by atomic mass is 9.57. The number of rotatable bonds is 6. The number of aliphatic carboxylic acids is 1.